The Kier molecular flexibility index (Phi) is 6.03. The van der Waals surface area contributed by atoms with Crippen molar-refractivity contribution in [3.05, 3.63) is 0 Å². The SMILES string of the molecule is CCCCC(N)C(=O)NC(=O)OC(C)(C)C. The smallest absolute Gasteiger partial charge is 0.414 e. The zero-order valence-corrected chi connectivity index (χ0v) is 10.5. The summed E-state index contributed by atoms with van der Waals surface area (Å²) in [5.41, 5.74) is 4.98. The van der Waals surface area contributed by atoms with Crippen molar-refractivity contribution < 1.29 is 14.3 Å². The van der Waals surface area contributed by atoms with E-state index in [1.165, 1.54) is 0 Å². The first-order valence-corrected chi connectivity index (χ1v) is 5.55. The number of carbonyl (C=O) groups excluding carboxylic acids is 2. The lowest BCUT2D eigenvalue weighted by molar-refractivity contribution is -0.122. The van der Waals surface area contributed by atoms with Crippen LogP contribution >= 0.6 is 0 Å². The van der Waals surface area contributed by atoms with Crippen LogP contribution in [0.5, 0.6) is 0 Å². The van der Waals surface area contributed by atoms with Crippen LogP contribution in [0.4, 0.5) is 4.79 Å². The summed E-state index contributed by atoms with van der Waals surface area (Å²) in [6.45, 7) is 7.20. The third-order valence-electron chi connectivity index (χ3n) is 1.83. The molecule has 5 nitrogen and oxygen atoms in total. The van der Waals surface area contributed by atoms with Crippen molar-refractivity contribution in [3.8, 4) is 0 Å². The second-order valence-electron chi connectivity index (χ2n) is 4.74. The molecule has 1 unspecified atom stereocenters. The van der Waals surface area contributed by atoms with Gasteiger partial charge in [-0.15, -0.1) is 0 Å². The third kappa shape index (κ3) is 7.23. The molecule has 0 aliphatic carbocycles. The van der Waals surface area contributed by atoms with E-state index in [-0.39, 0.29) is 0 Å². The molecule has 0 aromatic rings. The Hall–Kier alpha value is -1.10. The van der Waals surface area contributed by atoms with Gasteiger partial charge in [-0.05, 0) is 27.2 Å². The second kappa shape index (κ2) is 6.48. The number of imide groups is 1. The van der Waals surface area contributed by atoms with Crippen molar-refractivity contribution >= 4 is 12.0 Å². The zero-order chi connectivity index (χ0) is 12.8. The molecule has 3 N–H and O–H groups in total. The maximum absolute atomic E-state index is 11.4. The van der Waals surface area contributed by atoms with Gasteiger partial charge < -0.3 is 10.5 Å². The van der Waals surface area contributed by atoms with E-state index < -0.39 is 23.6 Å². The van der Waals surface area contributed by atoms with Gasteiger partial charge in [-0.1, -0.05) is 19.8 Å². The van der Waals surface area contributed by atoms with Crippen molar-refractivity contribution in [3.63, 3.8) is 0 Å². The normalized spacial score (nSPS) is 13.1. The summed E-state index contributed by atoms with van der Waals surface area (Å²) in [6.07, 6.45) is 1.66. The average molecular weight is 230 g/mol. The van der Waals surface area contributed by atoms with E-state index in [1.807, 2.05) is 6.92 Å². The average Bonchev–Trinajstić information content (AvgIpc) is 2.10. The fourth-order valence-corrected chi connectivity index (χ4v) is 1.05. The second-order valence-corrected chi connectivity index (χ2v) is 4.74. The molecule has 0 saturated heterocycles. The van der Waals surface area contributed by atoms with Crippen LogP contribution in [0.25, 0.3) is 0 Å². The fraction of sp³-hybridized carbons (Fsp3) is 0.818. The van der Waals surface area contributed by atoms with Gasteiger partial charge in [0.2, 0.25) is 5.91 Å². The number of amides is 2. The van der Waals surface area contributed by atoms with E-state index in [1.54, 1.807) is 20.8 Å². The lowest BCUT2D eigenvalue weighted by atomic mass is 10.1. The van der Waals surface area contributed by atoms with Crippen LogP contribution in [-0.2, 0) is 9.53 Å². The maximum atomic E-state index is 11.4. The van der Waals surface area contributed by atoms with Crippen LogP contribution in [0, 0.1) is 0 Å². The Bertz CT molecular complexity index is 246. The number of ether oxygens (including phenoxy) is 1. The van der Waals surface area contributed by atoms with Gasteiger partial charge in [-0.3, -0.25) is 10.1 Å². The lowest BCUT2D eigenvalue weighted by Gasteiger charge is -2.20. The molecule has 16 heavy (non-hydrogen) atoms. The predicted molar refractivity (Wildman–Crippen MR) is 61.9 cm³/mol. The van der Waals surface area contributed by atoms with E-state index in [4.69, 9.17) is 10.5 Å². The van der Waals surface area contributed by atoms with E-state index in [0.717, 1.165) is 12.8 Å². The van der Waals surface area contributed by atoms with Gasteiger partial charge in [0.25, 0.3) is 0 Å². The van der Waals surface area contributed by atoms with Gasteiger partial charge in [-0.25, -0.2) is 4.79 Å². The monoisotopic (exact) mass is 230 g/mol. The number of alkyl carbamates (subject to hydrolysis) is 1. The molecule has 0 aliphatic heterocycles. The molecule has 0 rings (SSSR count). The number of nitrogens with two attached hydrogens (primary N) is 1. The molecule has 1 atom stereocenters. The molecular weight excluding hydrogens is 208 g/mol. The summed E-state index contributed by atoms with van der Waals surface area (Å²) in [6, 6.07) is -0.646. The van der Waals surface area contributed by atoms with E-state index in [0.29, 0.717) is 6.42 Å². The van der Waals surface area contributed by atoms with Crippen LogP contribution in [0.2, 0.25) is 0 Å². The topological polar surface area (TPSA) is 81.4 Å². The minimum atomic E-state index is -0.746. The quantitative estimate of drug-likeness (QED) is 0.767. The Balaban J connectivity index is 3.99. The Morgan fingerprint density at radius 2 is 1.94 bits per heavy atom. The molecule has 0 aliphatic rings. The van der Waals surface area contributed by atoms with Crippen LogP contribution < -0.4 is 11.1 Å². The standard InChI is InChI=1S/C11H22N2O3/c1-5-6-7-8(12)9(14)13-10(15)16-11(2,3)4/h8H,5-7,12H2,1-4H3,(H,13,14,15). The largest absolute Gasteiger partial charge is 0.444 e. The zero-order valence-electron chi connectivity index (χ0n) is 10.5. The van der Waals surface area contributed by atoms with Gasteiger partial charge in [0.15, 0.2) is 0 Å². The van der Waals surface area contributed by atoms with Crippen LogP contribution in [0.15, 0.2) is 0 Å². The number of rotatable bonds is 4. The van der Waals surface area contributed by atoms with Crippen molar-refractivity contribution in [2.45, 2.75) is 58.6 Å². The lowest BCUT2D eigenvalue weighted by Crippen LogP contribution is -2.45. The van der Waals surface area contributed by atoms with Crippen molar-refractivity contribution in [2.75, 3.05) is 0 Å². The predicted octanol–water partition coefficient (Wildman–Crippen LogP) is 1.56. The first-order valence-electron chi connectivity index (χ1n) is 5.55. The highest BCUT2D eigenvalue weighted by Gasteiger charge is 2.20. The van der Waals surface area contributed by atoms with Gasteiger partial charge in [0, 0.05) is 0 Å². The van der Waals surface area contributed by atoms with Gasteiger partial charge in [0.05, 0.1) is 6.04 Å². The highest BCUT2D eigenvalue weighted by atomic mass is 16.6. The number of hydrogen-bond acceptors (Lipinski definition) is 4. The summed E-state index contributed by atoms with van der Waals surface area (Å²) in [5.74, 6) is -0.484. The number of carbonyl (C=O) groups is 2. The molecule has 0 aromatic heterocycles. The molecule has 0 fully saturated rings. The molecule has 0 bridgehead atoms. The van der Waals surface area contributed by atoms with E-state index in [2.05, 4.69) is 5.32 Å². The van der Waals surface area contributed by atoms with Crippen molar-refractivity contribution in [1.82, 2.24) is 5.32 Å². The molecule has 2 amide bonds. The minimum absolute atomic E-state index is 0.484. The highest BCUT2D eigenvalue weighted by molar-refractivity contribution is 5.94. The number of nitrogens with one attached hydrogen (secondary N) is 1. The summed E-state index contributed by atoms with van der Waals surface area (Å²) in [5, 5.41) is 2.12. The fourth-order valence-electron chi connectivity index (χ4n) is 1.05. The maximum Gasteiger partial charge on any atom is 0.414 e. The minimum Gasteiger partial charge on any atom is -0.444 e. The van der Waals surface area contributed by atoms with E-state index >= 15 is 0 Å². The Morgan fingerprint density at radius 3 is 2.38 bits per heavy atom. The third-order valence-corrected chi connectivity index (χ3v) is 1.83. The molecule has 0 saturated carbocycles. The number of hydrogen-bond donors (Lipinski definition) is 2. The summed E-state index contributed by atoms with van der Waals surface area (Å²) in [7, 11) is 0. The molecule has 94 valence electrons. The van der Waals surface area contributed by atoms with Gasteiger partial charge >= 0.3 is 6.09 Å². The first-order chi connectivity index (χ1) is 7.26. The molecule has 0 spiro atoms. The molecular formula is C11H22N2O3. The summed E-state index contributed by atoms with van der Waals surface area (Å²) < 4.78 is 4.94. The molecule has 5 heteroatoms. The van der Waals surface area contributed by atoms with Gasteiger partial charge in [-0.2, -0.15) is 0 Å². The Labute approximate surface area is 96.7 Å². The van der Waals surface area contributed by atoms with Crippen LogP contribution in [0.3, 0.4) is 0 Å². The molecule has 0 heterocycles. The van der Waals surface area contributed by atoms with Crippen molar-refractivity contribution in [2.24, 2.45) is 5.73 Å². The van der Waals surface area contributed by atoms with E-state index in [9.17, 15) is 9.59 Å². The number of unbranched alkanes of at least 4 members (excludes halogenated alkanes) is 1. The Morgan fingerprint density at radius 1 is 1.38 bits per heavy atom. The first kappa shape index (κ1) is 14.9. The molecule has 0 aromatic carbocycles. The van der Waals surface area contributed by atoms with Crippen LogP contribution in [0.1, 0.15) is 47.0 Å². The van der Waals surface area contributed by atoms with Crippen LogP contribution in [-0.4, -0.2) is 23.6 Å². The van der Waals surface area contributed by atoms with Gasteiger partial charge in [0.1, 0.15) is 5.60 Å². The highest BCUT2D eigenvalue weighted by Crippen LogP contribution is 2.06. The molecule has 0 radical (unpaired) electrons. The summed E-state index contributed by atoms with van der Waals surface area (Å²) >= 11 is 0. The van der Waals surface area contributed by atoms with Crippen molar-refractivity contribution in [1.29, 1.82) is 0 Å². The summed E-state index contributed by atoms with van der Waals surface area (Å²) in [4.78, 5) is 22.6.